The third-order valence-corrected chi connectivity index (χ3v) is 8.82. The van der Waals surface area contributed by atoms with Crippen LogP contribution in [0.4, 0.5) is 5.69 Å². The molecule has 8 heteroatoms. The van der Waals surface area contributed by atoms with Crippen molar-refractivity contribution in [3.05, 3.63) is 52.5 Å². The fraction of sp³-hybridized carbons (Fsp3) is 0.417. The Morgan fingerprint density at radius 2 is 1.81 bits per heavy atom. The summed E-state index contributed by atoms with van der Waals surface area (Å²) in [7, 11) is -2.88. The molecule has 32 heavy (non-hydrogen) atoms. The van der Waals surface area contributed by atoms with Gasteiger partial charge in [-0.25, -0.2) is 8.42 Å². The van der Waals surface area contributed by atoms with Crippen LogP contribution in [-0.4, -0.2) is 62.2 Å². The number of H-pyrrole nitrogens is 1. The van der Waals surface area contributed by atoms with Gasteiger partial charge in [0, 0.05) is 44.3 Å². The molecule has 0 radical (unpaired) electrons. The highest BCUT2D eigenvalue weighted by Crippen LogP contribution is 2.39. The molecule has 0 amide bonds. The van der Waals surface area contributed by atoms with Crippen LogP contribution in [0.2, 0.25) is 0 Å². The van der Waals surface area contributed by atoms with Gasteiger partial charge < -0.3 is 15.0 Å². The van der Waals surface area contributed by atoms with Gasteiger partial charge in [0.05, 0.1) is 32.9 Å². The SMILES string of the molecule is O=S1(=O)CCN(Cc2cc(NC3CCOCC3)c3[nH]c(-c4ccccc4)c(Br)c3c2)CC1. The summed E-state index contributed by atoms with van der Waals surface area (Å²) in [5.74, 6) is 0.489. The number of halogens is 1. The van der Waals surface area contributed by atoms with E-state index in [1.807, 2.05) is 18.2 Å². The van der Waals surface area contributed by atoms with E-state index in [1.54, 1.807) is 0 Å². The van der Waals surface area contributed by atoms with E-state index < -0.39 is 9.84 Å². The van der Waals surface area contributed by atoms with Crippen LogP contribution < -0.4 is 5.32 Å². The Labute approximate surface area is 197 Å². The third kappa shape index (κ3) is 4.73. The van der Waals surface area contributed by atoms with E-state index in [0.29, 0.717) is 19.1 Å². The number of aromatic amines is 1. The maximum atomic E-state index is 11.8. The molecule has 3 heterocycles. The summed E-state index contributed by atoms with van der Waals surface area (Å²) in [6.45, 7) is 3.49. The monoisotopic (exact) mass is 517 g/mol. The Bertz CT molecular complexity index is 1190. The van der Waals surface area contributed by atoms with E-state index in [1.165, 1.54) is 5.56 Å². The third-order valence-electron chi connectivity index (χ3n) is 6.39. The molecule has 3 aromatic rings. The first-order valence-electron chi connectivity index (χ1n) is 11.1. The minimum atomic E-state index is -2.88. The normalized spacial score (nSPS) is 19.9. The Hall–Kier alpha value is -1.87. The van der Waals surface area contributed by atoms with Gasteiger partial charge in [-0.05, 0) is 52.0 Å². The van der Waals surface area contributed by atoms with Crippen molar-refractivity contribution in [2.24, 2.45) is 0 Å². The number of anilines is 1. The van der Waals surface area contributed by atoms with Crippen molar-refractivity contribution in [2.45, 2.75) is 25.4 Å². The van der Waals surface area contributed by atoms with Gasteiger partial charge in [0.25, 0.3) is 0 Å². The summed E-state index contributed by atoms with van der Waals surface area (Å²) in [4.78, 5) is 5.88. The first-order valence-corrected chi connectivity index (χ1v) is 13.8. The maximum Gasteiger partial charge on any atom is 0.152 e. The molecule has 0 spiro atoms. The second kappa shape index (κ2) is 9.17. The Morgan fingerprint density at radius 1 is 1.09 bits per heavy atom. The van der Waals surface area contributed by atoms with E-state index in [9.17, 15) is 8.42 Å². The molecular weight excluding hydrogens is 490 g/mol. The molecule has 0 bridgehead atoms. The van der Waals surface area contributed by atoms with Crippen molar-refractivity contribution in [3.8, 4) is 11.3 Å². The molecule has 1 aromatic heterocycles. The zero-order valence-corrected chi connectivity index (χ0v) is 20.3. The van der Waals surface area contributed by atoms with Crippen molar-refractivity contribution in [1.29, 1.82) is 0 Å². The summed E-state index contributed by atoms with van der Waals surface area (Å²) in [6.07, 6.45) is 1.98. The van der Waals surface area contributed by atoms with Gasteiger partial charge in [0.15, 0.2) is 9.84 Å². The van der Waals surface area contributed by atoms with Crippen molar-refractivity contribution in [3.63, 3.8) is 0 Å². The number of ether oxygens (including phenoxy) is 1. The number of rotatable bonds is 5. The standard InChI is InChI=1S/C24H28BrN3O3S/c25-22-20-14-17(16-28-8-12-32(29,30)13-9-28)15-21(26-19-6-10-31-11-7-19)24(20)27-23(22)18-4-2-1-3-5-18/h1-5,14-15,19,26-27H,6-13,16H2. The lowest BCUT2D eigenvalue weighted by atomic mass is 10.1. The molecule has 6 nitrogen and oxygen atoms in total. The fourth-order valence-corrected chi connectivity index (χ4v) is 6.48. The average Bonchev–Trinajstić information content (AvgIpc) is 3.13. The fourth-order valence-electron chi connectivity index (χ4n) is 4.56. The summed E-state index contributed by atoms with van der Waals surface area (Å²) in [6, 6.07) is 15.2. The van der Waals surface area contributed by atoms with Crippen molar-refractivity contribution >= 4 is 42.4 Å². The molecule has 0 aliphatic carbocycles. The number of benzene rings is 2. The highest BCUT2D eigenvalue weighted by molar-refractivity contribution is 9.10. The van der Waals surface area contributed by atoms with Crippen LogP contribution in [0.25, 0.3) is 22.2 Å². The van der Waals surface area contributed by atoms with Gasteiger partial charge in [-0.15, -0.1) is 0 Å². The summed E-state index contributed by atoms with van der Waals surface area (Å²) in [5, 5.41) is 4.90. The van der Waals surface area contributed by atoms with Crippen LogP contribution >= 0.6 is 15.9 Å². The quantitative estimate of drug-likeness (QED) is 0.523. The highest BCUT2D eigenvalue weighted by atomic mass is 79.9. The number of sulfone groups is 1. The van der Waals surface area contributed by atoms with Crippen molar-refractivity contribution < 1.29 is 13.2 Å². The van der Waals surface area contributed by atoms with Crippen LogP contribution in [0.15, 0.2) is 46.9 Å². The summed E-state index contributed by atoms with van der Waals surface area (Å²) in [5.41, 5.74) is 5.57. The minimum Gasteiger partial charge on any atom is -0.381 e. The first-order chi connectivity index (χ1) is 15.5. The molecule has 2 aliphatic heterocycles. The molecule has 5 rings (SSSR count). The number of aromatic nitrogens is 1. The zero-order valence-electron chi connectivity index (χ0n) is 17.9. The van der Waals surface area contributed by atoms with E-state index in [-0.39, 0.29) is 11.5 Å². The van der Waals surface area contributed by atoms with Gasteiger partial charge in [-0.3, -0.25) is 4.90 Å². The Kier molecular flexibility index (Phi) is 6.29. The smallest absolute Gasteiger partial charge is 0.152 e. The van der Waals surface area contributed by atoms with Crippen LogP contribution in [0, 0.1) is 0 Å². The molecule has 0 saturated carbocycles. The number of nitrogens with zero attached hydrogens (tertiary/aromatic N) is 1. The van der Waals surface area contributed by atoms with E-state index in [4.69, 9.17) is 4.74 Å². The molecule has 2 aliphatic rings. The van der Waals surface area contributed by atoms with Crippen molar-refractivity contribution in [2.75, 3.05) is 43.1 Å². The van der Waals surface area contributed by atoms with Gasteiger partial charge >= 0.3 is 0 Å². The number of hydrogen-bond donors (Lipinski definition) is 2. The zero-order chi connectivity index (χ0) is 22.1. The highest BCUT2D eigenvalue weighted by Gasteiger charge is 2.23. The average molecular weight is 518 g/mol. The van der Waals surface area contributed by atoms with Gasteiger partial charge in [-0.2, -0.15) is 0 Å². The molecule has 2 fully saturated rings. The van der Waals surface area contributed by atoms with Crippen LogP contribution in [0.5, 0.6) is 0 Å². The molecule has 2 aromatic carbocycles. The molecule has 0 unspecified atom stereocenters. The van der Waals surface area contributed by atoms with Crippen LogP contribution in [-0.2, 0) is 21.1 Å². The second-order valence-electron chi connectivity index (χ2n) is 8.70. The van der Waals surface area contributed by atoms with Gasteiger partial charge in [0.1, 0.15) is 0 Å². The van der Waals surface area contributed by atoms with E-state index in [0.717, 1.165) is 64.9 Å². The topological polar surface area (TPSA) is 74.4 Å². The molecule has 2 saturated heterocycles. The second-order valence-corrected chi connectivity index (χ2v) is 11.8. The Balaban J connectivity index is 1.51. The van der Waals surface area contributed by atoms with E-state index in [2.05, 4.69) is 55.4 Å². The lowest BCUT2D eigenvalue weighted by Gasteiger charge is -2.27. The Morgan fingerprint density at radius 3 is 2.53 bits per heavy atom. The number of hydrogen-bond acceptors (Lipinski definition) is 5. The minimum absolute atomic E-state index is 0.244. The lowest BCUT2D eigenvalue weighted by molar-refractivity contribution is 0.0905. The molecular formula is C24H28BrN3O3S. The molecule has 0 atom stereocenters. The first kappa shape index (κ1) is 21.9. The van der Waals surface area contributed by atoms with Gasteiger partial charge in [0.2, 0.25) is 0 Å². The predicted octanol–water partition coefficient (Wildman–Crippen LogP) is 4.42. The van der Waals surface area contributed by atoms with Crippen LogP contribution in [0.1, 0.15) is 18.4 Å². The van der Waals surface area contributed by atoms with Crippen molar-refractivity contribution in [1.82, 2.24) is 9.88 Å². The largest absolute Gasteiger partial charge is 0.381 e. The molecule has 2 N–H and O–H groups in total. The maximum absolute atomic E-state index is 11.8. The summed E-state index contributed by atoms with van der Waals surface area (Å²) < 4.78 is 30.2. The van der Waals surface area contributed by atoms with E-state index >= 15 is 0 Å². The molecule has 170 valence electrons. The lowest BCUT2D eigenvalue weighted by Crippen LogP contribution is -2.39. The van der Waals surface area contributed by atoms with Crippen LogP contribution in [0.3, 0.4) is 0 Å². The number of fused-ring (bicyclic) bond motifs is 1. The predicted molar refractivity (Wildman–Crippen MR) is 133 cm³/mol. The van der Waals surface area contributed by atoms with Gasteiger partial charge in [-0.1, -0.05) is 30.3 Å². The number of nitrogens with one attached hydrogen (secondary N) is 2. The summed E-state index contributed by atoms with van der Waals surface area (Å²) >= 11 is 3.85.